The summed E-state index contributed by atoms with van der Waals surface area (Å²) in [6, 6.07) is 9.66. The van der Waals surface area contributed by atoms with E-state index >= 15 is 0 Å². The number of rotatable bonds is 2. The molecule has 0 spiro atoms. The second-order valence-electron chi connectivity index (χ2n) is 6.01. The predicted octanol–water partition coefficient (Wildman–Crippen LogP) is 3.37. The molecule has 0 N–H and O–H groups in total. The van der Waals surface area contributed by atoms with Crippen LogP contribution in [0.3, 0.4) is 0 Å². The lowest BCUT2D eigenvalue weighted by atomic mass is 10.0. The van der Waals surface area contributed by atoms with Gasteiger partial charge in [0.15, 0.2) is 5.65 Å². The van der Waals surface area contributed by atoms with Gasteiger partial charge in [-0.2, -0.15) is 5.10 Å². The highest BCUT2D eigenvalue weighted by molar-refractivity contribution is 6.34. The SMILES string of the molecule is Cc1nn(CC(=O)N2CCCc3cccc(Cl)c32)c2ncccc12. The number of fused-ring (bicyclic) bond motifs is 2. The van der Waals surface area contributed by atoms with Crippen LogP contribution in [-0.2, 0) is 17.8 Å². The van der Waals surface area contributed by atoms with Gasteiger partial charge in [-0.05, 0) is 43.5 Å². The summed E-state index contributed by atoms with van der Waals surface area (Å²) in [5, 5.41) is 6.08. The maximum Gasteiger partial charge on any atom is 0.248 e. The van der Waals surface area contributed by atoms with Gasteiger partial charge in [-0.3, -0.25) is 4.79 Å². The summed E-state index contributed by atoms with van der Waals surface area (Å²) >= 11 is 6.35. The monoisotopic (exact) mass is 340 g/mol. The maximum atomic E-state index is 12.9. The van der Waals surface area contributed by atoms with E-state index in [1.54, 1.807) is 15.8 Å². The molecule has 0 radical (unpaired) electrons. The van der Waals surface area contributed by atoms with Crippen molar-refractivity contribution >= 4 is 34.2 Å². The van der Waals surface area contributed by atoms with Crippen molar-refractivity contribution in [1.82, 2.24) is 14.8 Å². The molecule has 0 bridgehead atoms. The first kappa shape index (κ1) is 15.1. The molecule has 1 amide bonds. The lowest BCUT2D eigenvalue weighted by Crippen LogP contribution is -2.38. The highest BCUT2D eigenvalue weighted by atomic mass is 35.5. The molecule has 5 nitrogen and oxygen atoms in total. The fraction of sp³-hybridized carbons (Fsp3) is 0.278. The lowest BCUT2D eigenvalue weighted by molar-refractivity contribution is -0.119. The van der Waals surface area contributed by atoms with Crippen LogP contribution in [0.1, 0.15) is 17.7 Å². The average Bonchev–Trinajstić information content (AvgIpc) is 2.91. The molecule has 6 heteroatoms. The van der Waals surface area contributed by atoms with E-state index in [-0.39, 0.29) is 12.5 Å². The summed E-state index contributed by atoms with van der Waals surface area (Å²) in [4.78, 5) is 19.1. The van der Waals surface area contributed by atoms with Crippen LogP contribution in [0.15, 0.2) is 36.5 Å². The van der Waals surface area contributed by atoms with Crippen molar-refractivity contribution < 1.29 is 4.79 Å². The molecular formula is C18H17ClN4O. The first-order valence-corrected chi connectivity index (χ1v) is 8.39. The van der Waals surface area contributed by atoms with Gasteiger partial charge in [-0.15, -0.1) is 0 Å². The first-order chi connectivity index (χ1) is 11.6. The van der Waals surface area contributed by atoms with Crippen LogP contribution in [0.5, 0.6) is 0 Å². The number of pyridine rings is 1. The minimum atomic E-state index is -0.0147. The van der Waals surface area contributed by atoms with E-state index in [0.29, 0.717) is 11.6 Å². The van der Waals surface area contributed by atoms with E-state index in [4.69, 9.17) is 11.6 Å². The number of hydrogen-bond acceptors (Lipinski definition) is 3. The van der Waals surface area contributed by atoms with E-state index < -0.39 is 0 Å². The number of aromatic nitrogens is 3. The van der Waals surface area contributed by atoms with E-state index in [0.717, 1.165) is 40.8 Å². The molecule has 1 aliphatic rings. The van der Waals surface area contributed by atoms with Crippen molar-refractivity contribution in [2.75, 3.05) is 11.4 Å². The summed E-state index contributed by atoms with van der Waals surface area (Å²) < 4.78 is 1.68. The van der Waals surface area contributed by atoms with E-state index in [1.165, 1.54) is 0 Å². The van der Waals surface area contributed by atoms with E-state index in [9.17, 15) is 4.79 Å². The molecule has 2 aromatic heterocycles. The molecule has 1 aromatic carbocycles. The molecule has 0 atom stereocenters. The van der Waals surface area contributed by atoms with Gasteiger partial charge in [0.25, 0.3) is 0 Å². The molecule has 0 saturated carbocycles. The van der Waals surface area contributed by atoms with E-state index in [2.05, 4.69) is 10.1 Å². The number of nitrogens with zero attached hydrogens (tertiary/aromatic N) is 4. The zero-order valence-electron chi connectivity index (χ0n) is 13.4. The Morgan fingerprint density at radius 2 is 2.17 bits per heavy atom. The molecule has 0 saturated heterocycles. The Kier molecular flexibility index (Phi) is 3.73. The molecular weight excluding hydrogens is 324 g/mol. The standard InChI is InChI=1S/C18H17ClN4O/c1-12-14-7-3-9-20-18(14)23(21-12)11-16(24)22-10-4-6-13-5-2-8-15(19)17(13)22/h2-3,5,7-9H,4,6,10-11H2,1H3. The zero-order chi connectivity index (χ0) is 16.7. The third-order valence-electron chi connectivity index (χ3n) is 4.45. The Labute approximate surface area is 144 Å². The Bertz CT molecular complexity index is 934. The fourth-order valence-electron chi connectivity index (χ4n) is 3.34. The molecule has 4 rings (SSSR count). The summed E-state index contributed by atoms with van der Waals surface area (Å²) in [5.41, 5.74) is 3.58. The van der Waals surface area contributed by atoms with Crippen molar-refractivity contribution in [3.63, 3.8) is 0 Å². The minimum absolute atomic E-state index is 0.0147. The van der Waals surface area contributed by atoms with Crippen LogP contribution in [0, 0.1) is 6.92 Å². The Morgan fingerprint density at radius 1 is 1.29 bits per heavy atom. The second-order valence-corrected chi connectivity index (χ2v) is 6.42. The smallest absolute Gasteiger partial charge is 0.248 e. The number of anilines is 1. The molecule has 3 heterocycles. The summed E-state index contributed by atoms with van der Waals surface area (Å²) in [7, 11) is 0. The highest BCUT2D eigenvalue weighted by Crippen LogP contribution is 2.34. The van der Waals surface area contributed by atoms with Crippen molar-refractivity contribution in [3.8, 4) is 0 Å². The Morgan fingerprint density at radius 3 is 3.04 bits per heavy atom. The molecule has 122 valence electrons. The molecule has 1 aliphatic heterocycles. The van der Waals surface area contributed by atoms with Gasteiger partial charge >= 0.3 is 0 Å². The van der Waals surface area contributed by atoms with Crippen LogP contribution < -0.4 is 4.90 Å². The minimum Gasteiger partial charge on any atom is -0.309 e. The van der Waals surface area contributed by atoms with Gasteiger partial charge in [-0.1, -0.05) is 23.7 Å². The van der Waals surface area contributed by atoms with E-state index in [1.807, 2.05) is 37.3 Å². The van der Waals surface area contributed by atoms with Crippen molar-refractivity contribution in [3.05, 3.63) is 52.8 Å². The first-order valence-electron chi connectivity index (χ1n) is 8.01. The molecule has 0 aliphatic carbocycles. The molecule has 0 unspecified atom stereocenters. The van der Waals surface area contributed by atoms with Gasteiger partial charge in [0.1, 0.15) is 6.54 Å². The van der Waals surface area contributed by atoms with Crippen molar-refractivity contribution in [2.45, 2.75) is 26.3 Å². The van der Waals surface area contributed by atoms with Crippen molar-refractivity contribution in [2.24, 2.45) is 0 Å². The van der Waals surface area contributed by atoms with Gasteiger partial charge in [0.2, 0.25) is 5.91 Å². The molecule has 0 fully saturated rings. The highest BCUT2D eigenvalue weighted by Gasteiger charge is 2.25. The zero-order valence-corrected chi connectivity index (χ0v) is 14.1. The topological polar surface area (TPSA) is 51.0 Å². The lowest BCUT2D eigenvalue weighted by Gasteiger charge is -2.30. The normalized spacial score (nSPS) is 14.0. The van der Waals surface area contributed by atoms with Crippen LogP contribution in [0.25, 0.3) is 11.0 Å². The van der Waals surface area contributed by atoms with Gasteiger partial charge < -0.3 is 4.90 Å². The van der Waals surface area contributed by atoms with Gasteiger partial charge in [-0.25, -0.2) is 9.67 Å². The molecule has 3 aromatic rings. The summed E-state index contributed by atoms with van der Waals surface area (Å²) in [6.07, 6.45) is 3.61. The number of hydrogen-bond donors (Lipinski definition) is 0. The van der Waals surface area contributed by atoms with Crippen LogP contribution in [-0.4, -0.2) is 27.2 Å². The summed E-state index contributed by atoms with van der Waals surface area (Å²) in [5.74, 6) is -0.0147. The average molecular weight is 341 g/mol. The third-order valence-corrected chi connectivity index (χ3v) is 4.75. The Hall–Kier alpha value is -2.40. The number of benzene rings is 1. The maximum absolute atomic E-state index is 12.9. The van der Waals surface area contributed by atoms with Crippen molar-refractivity contribution in [1.29, 1.82) is 0 Å². The van der Waals surface area contributed by atoms with Crippen LogP contribution >= 0.6 is 11.6 Å². The second kappa shape index (κ2) is 5.91. The number of halogens is 1. The number of amides is 1. The number of para-hydroxylation sites is 1. The quantitative estimate of drug-likeness (QED) is 0.718. The predicted molar refractivity (Wildman–Crippen MR) is 94.4 cm³/mol. The Balaban J connectivity index is 1.68. The largest absolute Gasteiger partial charge is 0.309 e. The van der Waals surface area contributed by atoms with Gasteiger partial charge in [0.05, 0.1) is 16.4 Å². The number of aryl methyl sites for hydroxylation is 2. The molecule has 24 heavy (non-hydrogen) atoms. The number of carbonyl (C=O) groups excluding carboxylic acids is 1. The summed E-state index contributed by atoms with van der Waals surface area (Å²) in [6.45, 7) is 2.77. The third kappa shape index (κ3) is 2.45. The van der Waals surface area contributed by atoms with Crippen LogP contribution in [0.2, 0.25) is 5.02 Å². The number of carbonyl (C=O) groups is 1. The van der Waals surface area contributed by atoms with Crippen LogP contribution in [0.4, 0.5) is 5.69 Å². The van der Waals surface area contributed by atoms with Gasteiger partial charge in [0, 0.05) is 18.1 Å². The fourth-order valence-corrected chi connectivity index (χ4v) is 3.64.